The van der Waals surface area contributed by atoms with E-state index in [2.05, 4.69) is 27.7 Å². The van der Waals surface area contributed by atoms with Gasteiger partial charge in [0.05, 0.1) is 0 Å². The summed E-state index contributed by atoms with van der Waals surface area (Å²) in [4.78, 5) is 0. The first-order chi connectivity index (χ1) is 9.96. The smallest absolute Gasteiger partial charge is 0.406 e. The first kappa shape index (κ1) is 15.3. The predicted octanol–water partition coefficient (Wildman–Crippen LogP) is 4.41. The number of hydrogen-bond acceptors (Lipinski definition) is 2. The van der Waals surface area contributed by atoms with Gasteiger partial charge in [-0.2, -0.15) is 0 Å². The van der Waals surface area contributed by atoms with Crippen LogP contribution in [0.4, 0.5) is 18.9 Å². The summed E-state index contributed by atoms with van der Waals surface area (Å²) in [7, 11) is 0. The molecule has 114 valence electrons. The van der Waals surface area contributed by atoms with Crippen molar-refractivity contribution in [1.82, 2.24) is 4.57 Å². The lowest BCUT2D eigenvalue weighted by Gasteiger charge is -2.10. The summed E-state index contributed by atoms with van der Waals surface area (Å²) in [6.07, 6.45) is 0.484. The molecule has 0 fully saturated rings. The minimum Gasteiger partial charge on any atom is -0.406 e. The van der Waals surface area contributed by atoms with E-state index < -0.39 is 6.36 Å². The summed E-state index contributed by atoms with van der Waals surface area (Å²) in [5.74, 6) is -0.220. The average Bonchev–Trinajstić information content (AvgIpc) is 2.84. The number of hydrogen-bond donors (Lipinski definition) is 1. The van der Waals surface area contributed by atoms with E-state index in [9.17, 15) is 13.2 Å². The summed E-state index contributed by atoms with van der Waals surface area (Å²) in [5.41, 5.74) is 1.87. The van der Waals surface area contributed by atoms with Gasteiger partial charge in [0, 0.05) is 31.2 Å². The van der Waals surface area contributed by atoms with Gasteiger partial charge in [0.2, 0.25) is 0 Å². The van der Waals surface area contributed by atoms with Crippen molar-refractivity contribution in [3.05, 3.63) is 48.3 Å². The van der Waals surface area contributed by atoms with Gasteiger partial charge in [-0.25, -0.2) is 0 Å². The molecule has 21 heavy (non-hydrogen) atoms. The van der Waals surface area contributed by atoms with Gasteiger partial charge in [0.1, 0.15) is 5.75 Å². The van der Waals surface area contributed by atoms with E-state index in [0.29, 0.717) is 6.54 Å². The van der Waals surface area contributed by atoms with Gasteiger partial charge >= 0.3 is 6.36 Å². The lowest BCUT2D eigenvalue weighted by Crippen LogP contribution is -2.17. The number of ether oxygens (including phenoxy) is 1. The van der Waals surface area contributed by atoms with E-state index in [4.69, 9.17) is 0 Å². The minimum absolute atomic E-state index is 0.220. The molecular formula is C15H17F3N2O. The highest BCUT2D eigenvalue weighted by Crippen LogP contribution is 2.24. The first-order valence-electron chi connectivity index (χ1n) is 6.70. The van der Waals surface area contributed by atoms with Gasteiger partial charge in [-0.1, -0.05) is 6.92 Å². The molecular weight excluding hydrogens is 281 g/mol. The van der Waals surface area contributed by atoms with Crippen molar-refractivity contribution in [2.75, 3.05) is 5.32 Å². The van der Waals surface area contributed by atoms with Crippen LogP contribution in [-0.4, -0.2) is 10.9 Å². The number of alkyl halides is 3. The fourth-order valence-electron chi connectivity index (χ4n) is 1.97. The predicted molar refractivity (Wildman–Crippen MR) is 75.2 cm³/mol. The fourth-order valence-corrected chi connectivity index (χ4v) is 1.97. The number of nitrogens with zero attached hydrogens (tertiary/aromatic N) is 1. The summed E-state index contributed by atoms with van der Waals surface area (Å²) < 4.78 is 42.0. The first-order valence-corrected chi connectivity index (χ1v) is 6.70. The molecule has 2 rings (SSSR count). The summed E-state index contributed by atoms with van der Waals surface area (Å²) in [5, 5.41) is 3.16. The Labute approximate surface area is 121 Å². The Morgan fingerprint density at radius 2 is 1.86 bits per heavy atom. The number of nitrogens with one attached hydrogen (secondary N) is 1. The molecule has 0 radical (unpaired) electrons. The van der Waals surface area contributed by atoms with Gasteiger partial charge in [-0.3, -0.25) is 0 Å². The lowest BCUT2D eigenvalue weighted by molar-refractivity contribution is -0.274. The summed E-state index contributed by atoms with van der Waals surface area (Å²) >= 11 is 0. The van der Waals surface area contributed by atoms with Crippen molar-refractivity contribution in [3.8, 4) is 5.75 Å². The van der Waals surface area contributed by atoms with Crippen LogP contribution in [0.25, 0.3) is 0 Å². The molecule has 0 aliphatic rings. The molecule has 6 heteroatoms. The number of benzene rings is 1. The number of halogens is 3. The van der Waals surface area contributed by atoms with E-state index in [0.717, 1.165) is 24.2 Å². The Morgan fingerprint density at radius 1 is 1.14 bits per heavy atom. The number of aromatic nitrogens is 1. The van der Waals surface area contributed by atoms with Crippen LogP contribution in [0.15, 0.2) is 42.7 Å². The molecule has 2 aromatic rings. The van der Waals surface area contributed by atoms with Gasteiger partial charge in [0.15, 0.2) is 0 Å². The van der Waals surface area contributed by atoms with Crippen LogP contribution in [0.2, 0.25) is 0 Å². The molecule has 0 aliphatic carbocycles. The Morgan fingerprint density at radius 3 is 2.48 bits per heavy atom. The molecule has 0 unspecified atom stereocenters. The molecule has 1 aromatic carbocycles. The van der Waals surface area contributed by atoms with Crippen molar-refractivity contribution in [1.29, 1.82) is 0 Å². The van der Waals surface area contributed by atoms with Crippen molar-refractivity contribution in [2.45, 2.75) is 32.8 Å². The van der Waals surface area contributed by atoms with E-state index in [1.807, 2.05) is 12.3 Å². The second-order valence-corrected chi connectivity index (χ2v) is 4.68. The third kappa shape index (κ3) is 5.06. The van der Waals surface area contributed by atoms with Crippen LogP contribution >= 0.6 is 0 Å². The van der Waals surface area contributed by atoms with Crippen LogP contribution in [0.3, 0.4) is 0 Å². The SMILES string of the molecule is CCCn1ccc(CNc2ccc(OC(F)(F)F)cc2)c1. The summed E-state index contributed by atoms with van der Waals surface area (Å²) in [6.45, 7) is 3.71. The molecule has 0 aliphatic heterocycles. The number of aryl methyl sites for hydroxylation is 1. The second kappa shape index (κ2) is 6.56. The number of anilines is 1. The standard InChI is InChI=1S/C15H17F3N2O/c1-2-8-20-9-7-12(11-20)10-19-13-3-5-14(6-4-13)21-15(16,17)18/h3-7,9,11,19H,2,8,10H2,1H3. The van der Waals surface area contributed by atoms with Gasteiger partial charge < -0.3 is 14.6 Å². The molecule has 0 saturated carbocycles. The molecule has 0 spiro atoms. The zero-order valence-corrected chi connectivity index (χ0v) is 11.7. The van der Waals surface area contributed by atoms with E-state index in [-0.39, 0.29) is 5.75 Å². The summed E-state index contributed by atoms with van der Waals surface area (Å²) in [6, 6.07) is 7.72. The minimum atomic E-state index is -4.66. The van der Waals surface area contributed by atoms with Gasteiger partial charge in [-0.15, -0.1) is 13.2 Å². The fraction of sp³-hybridized carbons (Fsp3) is 0.333. The maximum Gasteiger partial charge on any atom is 0.573 e. The van der Waals surface area contributed by atoms with Crippen LogP contribution in [0.1, 0.15) is 18.9 Å². The van der Waals surface area contributed by atoms with Crippen molar-refractivity contribution in [2.24, 2.45) is 0 Å². The largest absolute Gasteiger partial charge is 0.573 e. The zero-order chi connectivity index (χ0) is 15.3. The highest BCUT2D eigenvalue weighted by molar-refractivity contribution is 5.46. The zero-order valence-electron chi connectivity index (χ0n) is 11.7. The Hall–Kier alpha value is -2.11. The normalized spacial score (nSPS) is 11.4. The van der Waals surface area contributed by atoms with E-state index in [1.54, 1.807) is 12.1 Å². The van der Waals surface area contributed by atoms with Crippen LogP contribution < -0.4 is 10.1 Å². The quantitative estimate of drug-likeness (QED) is 0.855. The van der Waals surface area contributed by atoms with Gasteiger partial charge in [0.25, 0.3) is 0 Å². The van der Waals surface area contributed by atoms with E-state index in [1.165, 1.54) is 12.1 Å². The highest BCUT2D eigenvalue weighted by atomic mass is 19.4. The van der Waals surface area contributed by atoms with Crippen molar-refractivity contribution in [3.63, 3.8) is 0 Å². The molecule has 1 heterocycles. The average molecular weight is 298 g/mol. The number of rotatable bonds is 6. The maximum absolute atomic E-state index is 12.0. The van der Waals surface area contributed by atoms with E-state index >= 15 is 0 Å². The van der Waals surface area contributed by atoms with Crippen molar-refractivity contribution < 1.29 is 17.9 Å². The van der Waals surface area contributed by atoms with Crippen LogP contribution in [0.5, 0.6) is 5.75 Å². The Kier molecular flexibility index (Phi) is 4.77. The molecule has 1 aromatic heterocycles. The monoisotopic (exact) mass is 298 g/mol. The Balaban J connectivity index is 1.88. The molecule has 0 saturated heterocycles. The Bertz CT molecular complexity index is 561. The molecule has 3 nitrogen and oxygen atoms in total. The third-order valence-corrected chi connectivity index (χ3v) is 2.88. The second-order valence-electron chi connectivity index (χ2n) is 4.68. The van der Waals surface area contributed by atoms with Crippen LogP contribution in [-0.2, 0) is 13.1 Å². The highest BCUT2D eigenvalue weighted by Gasteiger charge is 2.30. The maximum atomic E-state index is 12.0. The van der Waals surface area contributed by atoms with Crippen LogP contribution in [0, 0.1) is 0 Å². The molecule has 0 amide bonds. The molecule has 1 N–H and O–H groups in total. The molecule has 0 bridgehead atoms. The molecule has 0 atom stereocenters. The lowest BCUT2D eigenvalue weighted by atomic mass is 10.3. The topological polar surface area (TPSA) is 26.2 Å². The van der Waals surface area contributed by atoms with Crippen molar-refractivity contribution >= 4 is 5.69 Å². The third-order valence-electron chi connectivity index (χ3n) is 2.88. The van der Waals surface area contributed by atoms with Gasteiger partial charge in [-0.05, 0) is 42.3 Å².